The Hall–Kier alpha value is -2.94. The molecule has 25 heavy (non-hydrogen) atoms. The molecule has 1 unspecified atom stereocenters. The third-order valence-electron chi connectivity index (χ3n) is 3.71. The lowest BCUT2D eigenvalue weighted by Crippen LogP contribution is -2.04. The zero-order valence-electron chi connectivity index (χ0n) is 13.5. The zero-order valence-corrected chi connectivity index (χ0v) is 14.4. The molecule has 0 bridgehead atoms. The van der Waals surface area contributed by atoms with Crippen molar-refractivity contribution in [1.29, 1.82) is 0 Å². The number of aromatic nitrogens is 6. The number of hydrogen-bond donors (Lipinski definition) is 1. The molecule has 4 aromatic rings. The van der Waals surface area contributed by atoms with E-state index < -0.39 is 5.25 Å². The van der Waals surface area contributed by atoms with E-state index >= 15 is 0 Å². The third kappa shape index (κ3) is 2.82. The standard InChI is InChI=1S/C16H14N6O2S/c1-9-8-10(5-6-17-9)15-20-21-16(24-15)12(25)14-19-18-13(22(14)2)11-4-3-7-23-11/h3-8,12,25H,1-2H3. The van der Waals surface area contributed by atoms with Crippen molar-refractivity contribution in [2.45, 2.75) is 12.2 Å². The average molecular weight is 354 g/mol. The Kier molecular flexibility index (Phi) is 3.85. The smallest absolute Gasteiger partial charge is 0.247 e. The monoisotopic (exact) mass is 354 g/mol. The van der Waals surface area contributed by atoms with E-state index in [1.54, 1.807) is 23.1 Å². The highest BCUT2D eigenvalue weighted by molar-refractivity contribution is 7.80. The predicted molar refractivity (Wildman–Crippen MR) is 91.8 cm³/mol. The van der Waals surface area contributed by atoms with Crippen molar-refractivity contribution in [3.63, 3.8) is 0 Å². The van der Waals surface area contributed by atoms with Crippen LogP contribution in [0.4, 0.5) is 0 Å². The van der Waals surface area contributed by atoms with Crippen LogP contribution in [0.25, 0.3) is 23.0 Å². The van der Waals surface area contributed by atoms with Crippen LogP contribution in [0.2, 0.25) is 0 Å². The first kappa shape index (κ1) is 15.6. The topological polar surface area (TPSA) is 95.7 Å². The quantitative estimate of drug-likeness (QED) is 0.563. The Balaban J connectivity index is 1.65. The number of pyridine rings is 1. The Morgan fingerprint density at radius 1 is 1.16 bits per heavy atom. The summed E-state index contributed by atoms with van der Waals surface area (Å²) in [5.41, 5.74) is 1.68. The van der Waals surface area contributed by atoms with Gasteiger partial charge in [-0.25, -0.2) is 0 Å². The summed E-state index contributed by atoms with van der Waals surface area (Å²) in [7, 11) is 1.83. The molecule has 9 heteroatoms. The van der Waals surface area contributed by atoms with Crippen molar-refractivity contribution in [1.82, 2.24) is 29.9 Å². The van der Waals surface area contributed by atoms with Crippen molar-refractivity contribution in [3.05, 3.63) is 54.1 Å². The van der Waals surface area contributed by atoms with Gasteiger partial charge in [-0.05, 0) is 31.2 Å². The molecular weight excluding hydrogens is 340 g/mol. The van der Waals surface area contributed by atoms with Crippen LogP contribution in [-0.2, 0) is 7.05 Å². The molecule has 126 valence electrons. The zero-order chi connectivity index (χ0) is 17.4. The number of furan rings is 1. The maximum atomic E-state index is 5.76. The largest absolute Gasteiger partial charge is 0.461 e. The van der Waals surface area contributed by atoms with Crippen LogP contribution < -0.4 is 0 Å². The van der Waals surface area contributed by atoms with E-state index in [4.69, 9.17) is 8.83 Å². The second kappa shape index (κ2) is 6.17. The minimum absolute atomic E-state index is 0.342. The van der Waals surface area contributed by atoms with Crippen LogP contribution in [0.1, 0.15) is 22.7 Å². The molecule has 0 fully saturated rings. The summed E-state index contributed by atoms with van der Waals surface area (Å²) in [6.07, 6.45) is 3.29. The van der Waals surface area contributed by atoms with Gasteiger partial charge in [-0.2, -0.15) is 12.6 Å². The molecule has 0 saturated carbocycles. The van der Waals surface area contributed by atoms with Crippen molar-refractivity contribution < 1.29 is 8.83 Å². The summed E-state index contributed by atoms with van der Waals surface area (Å²) in [5.74, 6) is 2.56. The van der Waals surface area contributed by atoms with Gasteiger partial charge < -0.3 is 13.4 Å². The van der Waals surface area contributed by atoms with Gasteiger partial charge in [0.15, 0.2) is 17.4 Å². The van der Waals surface area contributed by atoms with E-state index in [2.05, 4.69) is 38.0 Å². The first-order valence-corrected chi connectivity index (χ1v) is 8.03. The highest BCUT2D eigenvalue weighted by Crippen LogP contribution is 2.30. The molecule has 0 aliphatic rings. The molecule has 1 atom stereocenters. The third-order valence-corrected chi connectivity index (χ3v) is 4.16. The molecule has 0 saturated heterocycles. The first-order valence-electron chi connectivity index (χ1n) is 7.51. The maximum absolute atomic E-state index is 5.76. The molecule has 4 rings (SSSR count). The fourth-order valence-electron chi connectivity index (χ4n) is 2.45. The summed E-state index contributed by atoms with van der Waals surface area (Å²) in [4.78, 5) is 4.16. The molecular formula is C16H14N6O2S. The molecule has 4 heterocycles. The van der Waals surface area contributed by atoms with Gasteiger partial charge in [0.05, 0.1) is 6.26 Å². The lowest BCUT2D eigenvalue weighted by Gasteiger charge is -2.06. The Morgan fingerprint density at radius 3 is 2.80 bits per heavy atom. The van der Waals surface area contributed by atoms with Gasteiger partial charge >= 0.3 is 0 Å². The molecule has 0 aliphatic carbocycles. The van der Waals surface area contributed by atoms with Crippen LogP contribution in [-0.4, -0.2) is 29.9 Å². The van der Waals surface area contributed by atoms with Gasteiger partial charge in [-0.1, -0.05) is 0 Å². The Bertz CT molecular complexity index is 1010. The summed E-state index contributed by atoms with van der Waals surface area (Å²) >= 11 is 4.57. The van der Waals surface area contributed by atoms with E-state index in [9.17, 15) is 0 Å². The van der Waals surface area contributed by atoms with E-state index in [0.717, 1.165) is 11.3 Å². The molecule has 0 aromatic carbocycles. The van der Waals surface area contributed by atoms with E-state index in [-0.39, 0.29) is 0 Å². The minimum atomic E-state index is -0.509. The molecule has 8 nitrogen and oxygen atoms in total. The summed E-state index contributed by atoms with van der Waals surface area (Å²) < 4.78 is 12.9. The molecule has 0 spiro atoms. The highest BCUT2D eigenvalue weighted by Gasteiger charge is 2.24. The summed E-state index contributed by atoms with van der Waals surface area (Å²) in [6, 6.07) is 7.30. The van der Waals surface area contributed by atoms with Gasteiger partial charge in [0.25, 0.3) is 0 Å². The van der Waals surface area contributed by atoms with Crippen LogP contribution in [0.15, 0.2) is 45.6 Å². The SMILES string of the molecule is Cc1cc(-c2nnc(C(S)c3nnc(-c4ccco4)n3C)o2)ccn1. The van der Waals surface area contributed by atoms with Crippen molar-refractivity contribution >= 4 is 12.6 Å². The molecule has 0 aliphatic heterocycles. The van der Waals surface area contributed by atoms with Gasteiger partial charge in [0, 0.05) is 24.5 Å². The number of hydrogen-bond acceptors (Lipinski definition) is 8. The molecule has 0 amide bonds. The summed E-state index contributed by atoms with van der Waals surface area (Å²) in [6.45, 7) is 1.90. The maximum Gasteiger partial charge on any atom is 0.247 e. The van der Waals surface area contributed by atoms with E-state index in [1.807, 2.05) is 32.2 Å². The van der Waals surface area contributed by atoms with Crippen molar-refractivity contribution in [2.75, 3.05) is 0 Å². The average Bonchev–Trinajstić information content (AvgIpc) is 3.35. The van der Waals surface area contributed by atoms with Gasteiger partial charge in [0.2, 0.25) is 11.8 Å². The van der Waals surface area contributed by atoms with Crippen molar-refractivity contribution in [3.8, 4) is 23.0 Å². The van der Waals surface area contributed by atoms with Gasteiger partial charge in [-0.15, -0.1) is 20.4 Å². The normalized spacial score (nSPS) is 12.4. The lowest BCUT2D eigenvalue weighted by molar-refractivity contribution is 0.507. The Labute approximate surface area is 148 Å². The van der Waals surface area contributed by atoms with Crippen LogP contribution >= 0.6 is 12.6 Å². The molecule has 4 aromatic heterocycles. The molecule has 0 radical (unpaired) electrons. The fourth-order valence-corrected chi connectivity index (χ4v) is 2.78. The summed E-state index contributed by atoms with van der Waals surface area (Å²) in [5, 5.41) is 16.0. The number of rotatable bonds is 4. The van der Waals surface area contributed by atoms with E-state index in [0.29, 0.717) is 29.2 Å². The van der Waals surface area contributed by atoms with Crippen molar-refractivity contribution in [2.24, 2.45) is 7.05 Å². The molecule has 0 N–H and O–H groups in total. The minimum Gasteiger partial charge on any atom is -0.461 e. The van der Waals surface area contributed by atoms with E-state index in [1.165, 1.54) is 0 Å². The van der Waals surface area contributed by atoms with Gasteiger partial charge in [-0.3, -0.25) is 4.98 Å². The second-order valence-electron chi connectivity index (χ2n) is 5.45. The lowest BCUT2D eigenvalue weighted by atomic mass is 10.2. The van der Waals surface area contributed by atoms with Gasteiger partial charge in [0.1, 0.15) is 5.25 Å². The second-order valence-corrected chi connectivity index (χ2v) is 5.97. The first-order chi connectivity index (χ1) is 12.1. The predicted octanol–water partition coefficient (Wildman–Crippen LogP) is 2.85. The number of aryl methyl sites for hydroxylation is 1. The van der Waals surface area contributed by atoms with Crippen LogP contribution in [0.3, 0.4) is 0 Å². The Morgan fingerprint density at radius 2 is 2.04 bits per heavy atom. The number of nitrogens with zero attached hydrogens (tertiary/aromatic N) is 6. The van der Waals surface area contributed by atoms with Crippen LogP contribution in [0.5, 0.6) is 0 Å². The highest BCUT2D eigenvalue weighted by atomic mass is 32.1. The van der Waals surface area contributed by atoms with Crippen LogP contribution in [0, 0.1) is 6.92 Å². The number of thiol groups is 1. The fraction of sp³-hybridized carbons (Fsp3) is 0.188.